The Morgan fingerprint density at radius 2 is 1.31 bits per heavy atom. The summed E-state index contributed by atoms with van der Waals surface area (Å²) in [4.78, 5) is -0.198. The molecule has 192 valence electrons. The standard InChI is InChI=1S/C19H33N.C10H8O4S/c1-4-7-12-17-13-10-11-14-18(17)19(20,15-8-5-2)16-9-6-3;11-9-5-6-10(15(12,13)14)8-4-2-1-3-7(8)9/h10-11,13-14H,4-9,12,15-16,20H2,1-3H3;1-6,11H,(H,12,13,14). The van der Waals surface area contributed by atoms with E-state index in [9.17, 15) is 13.5 Å². The van der Waals surface area contributed by atoms with Crippen LogP contribution in [-0.4, -0.2) is 18.1 Å². The van der Waals surface area contributed by atoms with E-state index < -0.39 is 10.1 Å². The van der Waals surface area contributed by atoms with Crippen molar-refractivity contribution in [3.8, 4) is 5.75 Å². The number of fused-ring (bicyclic) bond motifs is 1. The van der Waals surface area contributed by atoms with Crippen LogP contribution in [0.3, 0.4) is 0 Å². The Balaban J connectivity index is 0.000000256. The monoisotopic (exact) mass is 499 g/mol. The quantitative estimate of drug-likeness (QED) is 0.239. The number of hydrogen-bond acceptors (Lipinski definition) is 4. The molecule has 3 rings (SSSR count). The fraction of sp³-hybridized carbons (Fsp3) is 0.448. The van der Waals surface area contributed by atoms with Crippen LogP contribution in [0, 0.1) is 0 Å². The smallest absolute Gasteiger partial charge is 0.295 e. The average molecular weight is 500 g/mol. The third kappa shape index (κ3) is 8.06. The van der Waals surface area contributed by atoms with E-state index in [0.29, 0.717) is 10.8 Å². The van der Waals surface area contributed by atoms with E-state index in [0.717, 1.165) is 12.8 Å². The minimum Gasteiger partial charge on any atom is -0.507 e. The van der Waals surface area contributed by atoms with E-state index in [4.69, 9.17) is 10.3 Å². The van der Waals surface area contributed by atoms with Gasteiger partial charge < -0.3 is 10.8 Å². The molecule has 4 N–H and O–H groups in total. The van der Waals surface area contributed by atoms with Crippen LogP contribution in [0.25, 0.3) is 10.8 Å². The lowest BCUT2D eigenvalue weighted by Crippen LogP contribution is -2.37. The number of nitrogens with two attached hydrogens (primary N) is 1. The molecule has 0 aliphatic rings. The summed E-state index contributed by atoms with van der Waals surface area (Å²) in [5, 5.41) is 10.2. The van der Waals surface area contributed by atoms with Crippen molar-refractivity contribution < 1.29 is 18.1 Å². The molecule has 0 unspecified atom stereocenters. The highest BCUT2D eigenvalue weighted by Crippen LogP contribution is 2.33. The Kier molecular flexibility index (Phi) is 11.2. The van der Waals surface area contributed by atoms with E-state index in [-0.39, 0.29) is 16.2 Å². The van der Waals surface area contributed by atoms with Gasteiger partial charge in [0.1, 0.15) is 10.6 Å². The van der Waals surface area contributed by atoms with Crippen LogP contribution in [0.15, 0.2) is 65.6 Å². The summed E-state index contributed by atoms with van der Waals surface area (Å²) in [6.07, 6.45) is 10.8. The molecule has 3 aromatic carbocycles. The van der Waals surface area contributed by atoms with Gasteiger partial charge in [-0.25, -0.2) is 0 Å². The first-order valence-corrected chi connectivity index (χ1v) is 14.2. The number of aromatic hydroxyl groups is 1. The molecule has 0 radical (unpaired) electrons. The minimum absolute atomic E-state index is 0.0157. The van der Waals surface area contributed by atoms with Crippen LogP contribution >= 0.6 is 0 Å². The largest absolute Gasteiger partial charge is 0.507 e. The molecule has 0 fully saturated rings. The molecule has 0 aliphatic carbocycles. The molecule has 0 bridgehead atoms. The predicted octanol–water partition coefficient (Wildman–Crippen LogP) is 7.36. The molecular formula is C29H41NO4S. The lowest BCUT2D eigenvalue weighted by atomic mass is 9.78. The normalized spacial score (nSPS) is 11.8. The third-order valence-electron chi connectivity index (χ3n) is 6.45. The first-order chi connectivity index (χ1) is 16.7. The van der Waals surface area contributed by atoms with Crippen molar-refractivity contribution in [1.82, 2.24) is 0 Å². The van der Waals surface area contributed by atoms with E-state index >= 15 is 0 Å². The Morgan fingerprint density at radius 3 is 1.89 bits per heavy atom. The zero-order valence-corrected chi connectivity index (χ0v) is 22.2. The molecule has 0 spiro atoms. The molecule has 0 atom stereocenters. The molecule has 0 aliphatic heterocycles. The highest BCUT2D eigenvalue weighted by Gasteiger charge is 2.28. The lowest BCUT2D eigenvalue weighted by molar-refractivity contribution is 0.351. The van der Waals surface area contributed by atoms with E-state index in [2.05, 4.69) is 45.0 Å². The first-order valence-electron chi connectivity index (χ1n) is 12.7. The number of phenols is 1. The zero-order chi connectivity index (χ0) is 25.9. The fourth-order valence-electron chi connectivity index (χ4n) is 4.45. The summed E-state index contributed by atoms with van der Waals surface area (Å²) in [7, 11) is -4.26. The fourth-order valence-corrected chi connectivity index (χ4v) is 5.15. The van der Waals surface area contributed by atoms with Crippen molar-refractivity contribution in [3.63, 3.8) is 0 Å². The van der Waals surface area contributed by atoms with Gasteiger partial charge >= 0.3 is 0 Å². The van der Waals surface area contributed by atoms with Crippen LogP contribution < -0.4 is 5.73 Å². The molecule has 0 aromatic heterocycles. The van der Waals surface area contributed by atoms with Crippen LogP contribution in [0.2, 0.25) is 0 Å². The first kappa shape index (κ1) is 28.8. The number of benzene rings is 3. The maximum Gasteiger partial charge on any atom is 0.295 e. The van der Waals surface area contributed by atoms with Crippen molar-refractivity contribution in [2.24, 2.45) is 5.73 Å². The van der Waals surface area contributed by atoms with Crippen LogP contribution in [0.4, 0.5) is 0 Å². The number of aryl methyl sites for hydroxylation is 1. The minimum atomic E-state index is -4.26. The molecule has 3 aromatic rings. The predicted molar refractivity (Wildman–Crippen MR) is 145 cm³/mol. The van der Waals surface area contributed by atoms with Gasteiger partial charge in [-0.05, 0) is 48.9 Å². The van der Waals surface area contributed by atoms with Gasteiger partial charge in [0.15, 0.2) is 0 Å². The van der Waals surface area contributed by atoms with Gasteiger partial charge in [-0.2, -0.15) is 8.42 Å². The van der Waals surface area contributed by atoms with Crippen LogP contribution in [-0.2, 0) is 22.1 Å². The molecule has 35 heavy (non-hydrogen) atoms. The second-order valence-corrected chi connectivity index (χ2v) is 10.6. The number of phenolic OH excluding ortho intramolecular Hbond substituents is 1. The number of hydrogen-bond donors (Lipinski definition) is 3. The Bertz CT molecular complexity index is 1170. The Labute approximate surface area is 211 Å². The van der Waals surface area contributed by atoms with Crippen LogP contribution in [0.5, 0.6) is 5.75 Å². The van der Waals surface area contributed by atoms with E-state index in [1.165, 1.54) is 74.3 Å². The van der Waals surface area contributed by atoms with Gasteiger partial charge in [0.25, 0.3) is 10.1 Å². The Hall–Kier alpha value is -2.41. The maximum absolute atomic E-state index is 11.0. The zero-order valence-electron chi connectivity index (χ0n) is 21.3. The number of unbranched alkanes of at least 4 members (excludes halogenated alkanes) is 3. The third-order valence-corrected chi connectivity index (χ3v) is 7.36. The van der Waals surface area contributed by atoms with Crippen LogP contribution in [0.1, 0.15) is 83.3 Å². The number of rotatable bonds is 11. The van der Waals surface area contributed by atoms with Gasteiger partial charge in [0.05, 0.1) is 0 Å². The second-order valence-electron chi connectivity index (χ2n) is 9.23. The summed E-state index contributed by atoms with van der Waals surface area (Å²) in [6.45, 7) is 6.76. The second kappa shape index (κ2) is 13.6. The topological polar surface area (TPSA) is 101 Å². The maximum atomic E-state index is 11.0. The summed E-state index contributed by atoms with van der Waals surface area (Å²) in [5.41, 5.74) is 9.64. The molecule has 0 heterocycles. The lowest BCUT2D eigenvalue weighted by Gasteiger charge is -2.32. The van der Waals surface area contributed by atoms with Gasteiger partial charge in [-0.15, -0.1) is 0 Å². The molecular weight excluding hydrogens is 458 g/mol. The molecule has 5 nitrogen and oxygen atoms in total. The van der Waals surface area contributed by atoms with E-state index in [1.54, 1.807) is 18.2 Å². The average Bonchev–Trinajstić information content (AvgIpc) is 2.85. The summed E-state index contributed by atoms with van der Waals surface area (Å²) < 4.78 is 31.0. The van der Waals surface area contributed by atoms with Gasteiger partial charge in [-0.3, -0.25) is 4.55 Å². The van der Waals surface area contributed by atoms with Gasteiger partial charge in [-0.1, -0.05) is 101 Å². The van der Waals surface area contributed by atoms with E-state index in [1.807, 2.05) is 0 Å². The molecule has 0 saturated heterocycles. The summed E-state index contributed by atoms with van der Waals surface area (Å²) in [6, 6.07) is 17.7. The van der Waals surface area contributed by atoms with Gasteiger partial charge in [0, 0.05) is 16.3 Å². The van der Waals surface area contributed by atoms with Crippen molar-refractivity contribution in [2.75, 3.05) is 0 Å². The SMILES string of the molecule is CCCCc1ccccc1C(N)(CCCC)CCCC.O=S(=O)(O)c1ccc(O)c2ccccc12. The molecule has 0 amide bonds. The van der Waals surface area contributed by atoms with Crippen molar-refractivity contribution in [3.05, 3.63) is 71.8 Å². The van der Waals surface area contributed by atoms with Crippen molar-refractivity contribution >= 4 is 20.9 Å². The van der Waals surface area contributed by atoms with Crippen molar-refractivity contribution in [2.45, 2.75) is 89.0 Å². The summed E-state index contributed by atoms with van der Waals surface area (Å²) in [5.74, 6) is -0.0157. The highest BCUT2D eigenvalue weighted by molar-refractivity contribution is 7.86. The van der Waals surface area contributed by atoms with Gasteiger partial charge in [0.2, 0.25) is 0 Å². The summed E-state index contributed by atoms with van der Waals surface area (Å²) >= 11 is 0. The molecule has 0 saturated carbocycles. The van der Waals surface area contributed by atoms with Crippen molar-refractivity contribution in [1.29, 1.82) is 0 Å². The Morgan fingerprint density at radius 1 is 0.771 bits per heavy atom. The molecule has 6 heteroatoms. The highest BCUT2D eigenvalue weighted by atomic mass is 32.2.